The standard InChI is InChI=1S/C13H21ClN2O3/c1-3-5-8-19-9-7-16-12(17)10(6-4-2)11(14)15-13(16)18/h3-9H2,1-2H3,(H,15,18). The van der Waals surface area contributed by atoms with E-state index >= 15 is 0 Å². The maximum absolute atomic E-state index is 12.1. The molecule has 1 N–H and O–H groups in total. The average molecular weight is 289 g/mol. The fraction of sp³-hybridized carbons (Fsp3) is 0.692. The van der Waals surface area contributed by atoms with Gasteiger partial charge < -0.3 is 4.74 Å². The van der Waals surface area contributed by atoms with E-state index in [9.17, 15) is 9.59 Å². The molecule has 5 nitrogen and oxygen atoms in total. The van der Waals surface area contributed by atoms with Crippen LogP contribution in [-0.2, 0) is 17.7 Å². The van der Waals surface area contributed by atoms with E-state index in [1.54, 1.807) is 0 Å². The molecule has 0 saturated heterocycles. The lowest BCUT2D eigenvalue weighted by Gasteiger charge is -2.09. The number of nitrogens with zero attached hydrogens (tertiary/aromatic N) is 1. The predicted molar refractivity (Wildman–Crippen MR) is 76.1 cm³/mol. The van der Waals surface area contributed by atoms with Gasteiger partial charge in [0.15, 0.2) is 0 Å². The molecule has 6 heteroatoms. The van der Waals surface area contributed by atoms with Gasteiger partial charge in [-0.05, 0) is 12.8 Å². The van der Waals surface area contributed by atoms with Crippen LogP contribution in [0.2, 0.25) is 5.15 Å². The normalized spacial score (nSPS) is 10.9. The third-order valence-corrected chi connectivity index (χ3v) is 3.15. The maximum atomic E-state index is 12.1. The molecular weight excluding hydrogens is 268 g/mol. The van der Waals surface area contributed by atoms with Crippen molar-refractivity contribution >= 4 is 11.6 Å². The highest BCUT2D eigenvalue weighted by atomic mass is 35.5. The quantitative estimate of drug-likeness (QED) is 0.587. The maximum Gasteiger partial charge on any atom is 0.329 e. The summed E-state index contributed by atoms with van der Waals surface area (Å²) in [7, 11) is 0. The lowest BCUT2D eigenvalue weighted by Crippen LogP contribution is -2.38. The number of unbranched alkanes of at least 4 members (excludes halogenated alkanes) is 1. The van der Waals surface area contributed by atoms with Crippen molar-refractivity contribution in [2.24, 2.45) is 0 Å². The van der Waals surface area contributed by atoms with Gasteiger partial charge in [0.1, 0.15) is 5.15 Å². The molecule has 108 valence electrons. The lowest BCUT2D eigenvalue weighted by atomic mass is 10.2. The van der Waals surface area contributed by atoms with Crippen molar-refractivity contribution in [3.05, 3.63) is 31.6 Å². The topological polar surface area (TPSA) is 64.1 Å². The van der Waals surface area contributed by atoms with Crippen LogP contribution in [0, 0.1) is 0 Å². The summed E-state index contributed by atoms with van der Waals surface area (Å²) in [5, 5.41) is 0.153. The van der Waals surface area contributed by atoms with Crippen molar-refractivity contribution in [1.82, 2.24) is 9.55 Å². The lowest BCUT2D eigenvalue weighted by molar-refractivity contribution is 0.122. The average Bonchev–Trinajstić information content (AvgIpc) is 2.37. The molecule has 0 aromatic carbocycles. The van der Waals surface area contributed by atoms with Crippen LogP contribution >= 0.6 is 11.6 Å². The van der Waals surface area contributed by atoms with E-state index in [0.717, 1.165) is 23.8 Å². The third-order valence-electron chi connectivity index (χ3n) is 2.83. The Bertz CT molecular complexity index is 508. The summed E-state index contributed by atoms with van der Waals surface area (Å²) in [5.41, 5.74) is -0.319. The Hall–Kier alpha value is -1.07. The SMILES string of the molecule is CCCCOCCn1c(=O)[nH]c(Cl)c(CCC)c1=O. The minimum absolute atomic E-state index is 0.153. The van der Waals surface area contributed by atoms with Crippen LogP contribution in [0.1, 0.15) is 38.7 Å². The highest BCUT2D eigenvalue weighted by molar-refractivity contribution is 6.30. The minimum Gasteiger partial charge on any atom is -0.380 e. The summed E-state index contributed by atoms with van der Waals surface area (Å²) >= 11 is 5.89. The van der Waals surface area contributed by atoms with E-state index in [4.69, 9.17) is 16.3 Å². The molecule has 0 aliphatic heterocycles. The molecule has 1 aromatic rings. The molecule has 0 fully saturated rings. The molecule has 0 aliphatic carbocycles. The van der Waals surface area contributed by atoms with Crippen molar-refractivity contribution in [3.63, 3.8) is 0 Å². The van der Waals surface area contributed by atoms with Crippen LogP contribution in [-0.4, -0.2) is 22.8 Å². The second-order valence-corrected chi connectivity index (χ2v) is 4.77. The summed E-state index contributed by atoms with van der Waals surface area (Å²) in [6.45, 7) is 5.30. The smallest absolute Gasteiger partial charge is 0.329 e. The number of hydrogen-bond donors (Lipinski definition) is 1. The number of nitrogens with one attached hydrogen (secondary N) is 1. The zero-order chi connectivity index (χ0) is 14.3. The largest absolute Gasteiger partial charge is 0.380 e. The van der Waals surface area contributed by atoms with Gasteiger partial charge in [0.25, 0.3) is 5.56 Å². The van der Waals surface area contributed by atoms with Crippen molar-refractivity contribution in [2.75, 3.05) is 13.2 Å². The molecule has 0 aliphatic rings. The molecule has 0 saturated carbocycles. The number of hydrogen-bond acceptors (Lipinski definition) is 3. The molecule has 1 heterocycles. The number of halogens is 1. The number of aromatic amines is 1. The Morgan fingerprint density at radius 3 is 2.58 bits per heavy atom. The fourth-order valence-corrected chi connectivity index (χ4v) is 2.02. The Balaban J connectivity index is 2.80. The van der Waals surface area contributed by atoms with E-state index in [-0.39, 0.29) is 17.3 Å². The summed E-state index contributed by atoms with van der Waals surface area (Å²) in [4.78, 5) is 26.3. The first-order chi connectivity index (χ1) is 9.11. The number of ether oxygens (including phenoxy) is 1. The van der Waals surface area contributed by atoms with Crippen LogP contribution in [0.5, 0.6) is 0 Å². The Labute approximate surface area is 117 Å². The molecule has 1 rings (SSSR count). The molecule has 19 heavy (non-hydrogen) atoms. The van der Waals surface area contributed by atoms with Crippen LogP contribution in [0.3, 0.4) is 0 Å². The molecule has 0 bridgehead atoms. The highest BCUT2D eigenvalue weighted by Gasteiger charge is 2.11. The highest BCUT2D eigenvalue weighted by Crippen LogP contribution is 2.07. The number of aromatic nitrogens is 2. The van der Waals surface area contributed by atoms with Crippen molar-refractivity contribution < 1.29 is 4.74 Å². The molecule has 0 amide bonds. The number of rotatable bonds is 8. The third kappa shape index (κ3) is 4.51. The molecule has 0 radical (unpaired) electrons. The fourth-order valence-electron chi connectivity index (χ4n) is 1.76. The van der Waals surface area contributed by atoms with Gasteiger partial charge in [-0.1, -0.05) is 38.3 Å². The van der Waals surface area contributed by atoms with E-state index in [1.807, 2.05) is 6.92 Å². The summed E-state index contributed by atoms with van der Waals surface area (Å²) < 4.78 is 6.53. The first kappa shape index (κ1) is 16.0. The van der Waals surface area contributed by atoms with E-state index < -0.39 is 5.69 Å². The van der Waals surface area contributed by atoms with Crippen LogP contribution in [0.4, 0.5) is 0 Å². The van der Waals surface area contributed by atoms with Crippen molar-refractivity contribution in [1.29, 1.82) is 0 Å². The summed E-state index contributed by atoms with van der Waals surface area (Å²) in [6, 6.07) is 0. The van der Waals surface area contributed by atoms with Gasteiger partial charge in [-0.2, -0.15) is 0 Å². The molecule has 0 spiro atoms. The van der Waals surface area contributed by atoms with Crippen LogP contribution in [0.25, 0.3) is 0 Å². The molecule has 0 atom stereocenters. The first-order valence-corrected chi connectivity index (χ1v) is 7.08. The van der Waals surface area contributed by atoms with Gasteiger partial charge in [-0.15, -0.1) is 0 Å². The molecule has 0 unspecified atom stereocenters. The predicted octanol–water partition coefficient (Wildman–Crippen LogP) is 1.96. The van der Waals surface area contributed by atoms with E-state index in [0.29, 0.717) is 25.2 Å². The summed E-state index contributed by atoms with van der Waals surface area (Å²) in [5.74, 6) is 0. The first-order valence-electron chi connectivity index (χ1n) is 6.71. The van der Waals surface area contributed by atoms with Gasteiger partial charge in [-0.25, -0.2) is 4.79 Å². The Morgan fingerprint density at radius 1 is 1.21 bits per heavy atom. The molecular formula is C13H21ClN2O3. The van der Waals surface area contributed by atoms with Gasteiger partial charge in [0.05, 0.1) is 18.7 Å². The van der Waals surface area contributed by atoms with Crippen LogP contribution < -0.4 is 11.2 Å². The van der Waals surface area contributed by atoms with Gasteiger partial charge in [0.2, 0.25) is 0 Å². The second-order valence-electron chi connectivity index (χ2n) is 4.40. The molecule has 1 aromatic heterocycles. The summed E-state index contributed by atoms with van der Waals surface area (Å²) in [6.07, 6.45) is 3.40. The van der Waals surface area contributed by atoms with E-state index in [2.05, 4.69) is 11.9 Å². The van der Waals surface area contributed by atoms with Crippen LogP contribution in [0.15, 0.2) is 9.59 Å². The zero-order valence-corrected chi connectivity index (χ0v) is 12.3. The second kappa shape index (κ2) is 8.17. The Kier molecular flexibility index (Phi) is 6.87. The van der Waals surface area contributed by atoms with Gasteiger partial charge in [0, 0.05) is 6.61 Å². The van der Waals surface area contributed by atoms with Gasteiger partial charge >= 0.3 is 5.69 Å². The van der Waals surface area contributed by atoms with Crippen molar-refractivity contribution in [2.45, 2.75) is 46.1 Å². The number of H-pyrrole nitrogens is 1. The Morgan fingerprint density at radius 2 is 1.95 bits per heavy atom. The minimum atomic E-state index is -0.478. The zero-order valence-electron chi connectivity index (χ0n) is 11.5. The van der Waals surface area contributed by atoms with Crippen molar-refractivity contribution in [3.8, 4) is 0 Å². The monoisotopic (exact) mass is 288 g/mol. The van der Waals surface area contributed by atoms with E-state index in [1.165, 1.54) is 0 Å². The van der Waals surface area contributed by atoms with Gasteiger partial charge in [-0.3, -0.25) is 14.3 Å².